The first-order valence-electron chi connectivity index (χ1n) is 9.44. The number of unbranched alkanes of at least 4 members (excludes halogenated alkanes) is 15. The molecule has 0 aromatic heterocycles. The normalized spacial score (nSPS) is 10.7. The van der Waals surface area contributed by atoms with E-state index in [9.17, 15) is 0 Å². The summed E-state index contributed by atoms with van der Waals surface area (Å²) in [5.41, 5.74) is 0. The van der Waals surface area contributed by atoms with Gasteiger partial charge in [-0.3, -0.25) is 0 Å². The maximum atomic E-state index is 8.55. The first-order valence-corrected chi connectivity index (χ1v) is 10.9. The van der Waals surface area contributed by atoms with Crippen LogP contribution in [-0.2, 0) is 21.1 Å². The number of phosphoric acid groups is 1. The van der Waals surface area contributed by atoms with Crippen molar-refractivity contribution < 1.29 is 35.7 Å². The third-order valence-electron chi connectivity index (χ3n) is 3.85. The van der Waals surface area contributed by atoms with Gasteiger partial charge in [0.15, 0.2) is 0 Å². The molecule has 0 aromatic carbocycles. The Kier molecular flexibility index (Phi) is 28.9. The van der Waals surface area contributed by atoms with Gasteiger partial charge in [-0.05, 0) is 0 Å². The van der Waals surface area contributed by atoms with Gasteiger partial charge in [0.2, 0.25) is 0 Å². The first-order chi connectivity index (χ1) is 10.9. The molecule has 0 aliphatic rings. The fourth-order valence-corrected chi connectivity index (χ4v) is 2.55. The van der Waals surface area contributed by atoms with E-state index in [4.69, 9.17) is 19.2 Å². The molecule has 0 saturated heterocycles. The van der Waals surface area contributed by atoms with Crippen molar-refractivity contribution in [2.45, 2.75) is 110 Å². The van der Waals surface area contributed by atoms with Crippen LogP contribution in [0, 0.1) is 6.92 Å². The Morgan fingerprint density at radius 3 is 1.04 bits per heavy atom. The van der Waals surface area contributed by atoms with Crippen molar-refractivity contribution >= 4 is 7.82 Å². The number of rotatable bonds is 15. The summed E-state index contributed by atoms with van der Waals surface area (Å²) < 4.78 is 8.55. The Bertz CT molecular complexity index is 235. The topological polar surface area (TPSA) is 86.2 Å². The van der Waals surface area contributed by atoms with Crippen LogP contribution in [0.2, 0.25) is 0 Å². The van der Waals surface area contributed by atoms with Crippen molar-refractivity contribution in [3.05, 3.63) is 6.92 Å². The molecule has 0 rings (SSSR count). The van der Waals surface area contributed by atoms with E-state index in [1.54, 1.807) is 0 Å². The molecule has 0 aliphatic heterocycles. The average molecular weight is 407 g/mol. The molecular weight excluding hydrogens is 370 g/mol. The second kappa shape index (κ2) is 23.6. The summed E-state index contributed by atoms with van der Waals surface area (Å²) in [6.07, 6.45) is 22.8. The smallest absolute Gasteiger partial charge is 0.822 e. The number of hydrogen-bond acceptors (Lipinski definition) is 4. The molecular formula is C18H37NiO4P-. The maximum Gasteiger partial charge on any atom is 3.00 e. The van der Waals surface area contributed by atoms with Gasteiger partial charge in [0.25, 0.3) is 0 Å². The average Bonchev–Trinajstić information content (AvgIpc) is 2.46. The van der Waals surface area contributed by atoms with E-state index in [1.165, 1.54) is 96.3 Å². The van der Waals surface area contributed by atoms with Crippen molar-refractivity contribution in [1.82, 2.24) is 0 Å². The van der Waals surface area contributed by atoms with Crippen LogP contribution in [0.5, 0.6) is 0 Å². The summed E-state index contributed by atoms with van der Waals surface area (Å²) in [7, 11) is -5.39. The summed E-state index contributed by atoms with van der Waals surface area (Å²) in [5, 5.41) is 0. The third kappa shape index (κ3) is 43.3. The Hall–Kier alpha value is 0.604. The third-order valence-corrected chi connectivity index (χ3v) is 3.85. The van der Waals surface area contributed by atoms with Crippen LogP contribution in [0.1, 0.15) is 110 Å². The van der Waals surface area contributed by atoms with Crippen molar-refractivity contribution in [1.29, 1.82) is 0 Å². The van der Waals surface area contributed by atoms with E-state index in [2.05, 4.69) is 13.8 Å². The van der Waals surface area contributed by atoms with Gasteiger partial charge in [-0.15, -0.1) is 0 Å². The van der Waals surface area contributed by atoms with E-state index in [-0.39, 0.29) is 16.5 Å². The van der Waals surface area contributed by atoms with Crippen LogP contribution in [0.3, 0.4) is 0 Å². The Morgan fingerprint density at radius 2 is 0.833 bits per heavy atom. The molecule has 0 saturated carbocycles. The molecule has 0 atom stereocenters. The fraction of sp³-hybridized carbons (Fsp3) is 0.944. The van der Waals surface area contributed by atoms with Crippen LogP contribution >= 0.6 is 7.82 Å². The predicted octanol–water partition coefficient (Wildman–Crippen LogP) is 4.25. The Morgan fingerprint density at radius 1 is 0.625 bits per heavy atom. The van der Waals surface area contributed by atoms with Crippen LogP contribution in [-0.4, -0.2) is 0 Å². The van der Waals surface area contributed by atoms with E-state index in [1.807, 2.05) is 0 Å². The van der Waals surface area contributed by atoms with Gasteiger partial charge in [0.1, 0.15) is 0 Å². The fourth-order valence-electron chi connectivity index (χ4n) is 2.55. The summed E-state index contributed by atoms with van der Waals surface area (Å²) >= 11 is 0. The quantitative estimate of drug-likeness (QED) is 0.176. The zero-order valence-corrected chi connectivity index (χ0v) is 17.3. The van der Waals surface area contributed by atoms with Gasteiger partial charge < -0.3 is 26.2 Å². The van der Waals surface area contributed by atoms with Crippen molar-refractivity contribution in [2.24, 2.45) is 0 Å². The van der Waals surface area contributed by atoms with Crippen molar-refractivity contribution in [3.8, 4) is 0 Å². The molecule has 149 valence electrons. The monoisotopic (exact) mass is 406 g/mol. The molecule has 1 radical (unpaired) electrons. The van der Waals surface area contributed by atoms with Gasteiger partial charge >= 0.3 is 16.5 Å². The minimum Gasteiger partial charge on any atom is -0.822 e. The molecule has 0 bridgehead atoms. The molecule has 0 spiro atoms. The van der Waals surface area contributed by atoms with Gasteiger partial charge in [0.05, 0.1) is 0 Å². The van der Waals surface area contributed by atoms with Crippen LogP contribution < -0.4 is 14.7 Å². The standard InChI is InChI=1S/C18H37.Ni.H3O4P/c1-3-5-7-9-11-13-15-17-18-16-14-12-10-8-6-4-2;;1-5(2,3)4/h1,3-18H2,2H3;;(H3,1,2,3,4)/q-1;+3;/p-3. The second-order valence-electron chi connectivity index (χ2n) is 6.25. The largest absolute Gasteiger partial charge is 3.00 e. The maximum absolute atomic E-state index is 8.55. The molecule has 24 heavy (non-hydrogen) atoms. The van der Waals surface area contributed by atoms with E-state index in [0.29, 0.717) is 0 Å². The molecule has 0 aromatic rings. The molecule has 6 heteroatoms. The molecule has 0 aliphatic carbocycles. The molecule has 0 unspecified atom stereocenters. The van der Waals surface area contributed by atoms with Gasteiger partial charge in [-0.1, -0.05) is 103 Å². The number of hydrogen-bond donors (Lipinski definition) is 0. The summed E-state index contributed by atoms with van der Waals surface area (Å²) in [5.74, 6) is 0. The summed E-state index contributed by atoms with van der Waals surface area (Å²) in [6, 6.07) is 0. The summed E-state index contributed by atoms with van der Waals surface area (Å²) in [6.45, 7) is 6.18. The van der Waals surface area contributed by atoms with E-state index in [0.717, 1.165) is 6.42 Å². The van der Waals surface area contributed by atoms with Crippen LogP contribution in [0.15, 0.2) is 0 Å². The molecule has 0 N–H and O–H groups in total. The van der Waals surface area contributed by atoms with Crippen molar-refractivity contribution in [2.75, 3.05) is 0 Å². The Labute approximate surface area is 160 Å². The molecule has 0 amide bonds. The molecule has 0 heterocycles. The summed E-state index contributed by atoms with van der Waals surface area (Å²) in [4.78, 5) is 25.6. The van der Waals surface area contributed by atoms with Gasteiger partial charge in [-0.2, -0.15) is 14.2 Å². The van der Waals surface area contributed by atoms with Crippen LogP contribution in [0.25, 0.3) is 0 Å². The van der Waals surface area contributed by atoms with Gasteiger partial charge in [-0.25, -0.2) is 0 Å². The van der Waals surface area contributed by atoms with E-state index >= 15 is 0 Å². The first kappa shape index (κ1) is 29.4. The zero-order chi connectivity index (χ0) is 17.8. The Balaban J connectivity index is -0.000000639. The van der Waals surface area contributed by atoms with Gasteiger partial charge in [0, 0.05) is 0 Å². The van der Waals surface area contributed by atoms with E-state index < -0.39 is 7.82 Å². The molecule has 4 nitrogen and oxygen atoms in total. The second-order valence-corrected chi connectivity index (χ2v) is 7.14. The van der Waals surface area contributed by atoms with Crippen LogP contribution in [0.4, 0.5) is 0 Å². The van der Waals surface area contributed by atoms with Crippen molar-refractivity contribution in [3.63, 3.8) is 0 Å². The zero-order valence-electron chi connectivity index (χ0n) is 15.4. The molecule has 0 fully saturated rings. The minimum atomic E-state index is -5.39. The SMILES string of the molecule is O=P([O-])([O-])[O-].[CH2-]CCCCCCCCCCCCCCCCC.[Ni+3]. The predicted molar refractivity (Wildman–Crippen MR) is 92.5 cm³/mol. The minimum absolute atomic E-state index is 0.